The van der Waals surface area contributed by atoms with Gasteiger partial charge in [-0.15, -0.1) is 11.3 Å². The molecule has 1 atom stereocenters. The lowest BCUT2D eigenvalue weighted by Crippen LogP contribution is -2.22. The van der Waals surface area contributed by atoms with E-state index < -0.39 is 0 Å². The second kappa shape index (κ2) is 8.08. The fourth-order valence-electron chi connectivity index (χ4n) is 2.75. The van der Waals surface area contributed by atoms with Gasteiger partial charge in [0.1, 0.15) is 10.9 Å². The quantitative estimate of drug-likeness (QED) is 0.365. The van der Waals surface area contributed by atoms with E-state index >= 15 is 0 Å². The number of aryl methyl sites for hydroxylation is 1. The van der Waals surface area contributed by atoms with Crippen LogP contribution < -0.4 is 5.32 Å². The topological polar surface area (TPSA) is 67.8 Å². The number of anilines is 1. The summed E-state index contributed by atoms with van der Waals surface area (Å²) in [6.45, 7) is 3.74. The number of carbonyl (C=O) groups excluding carboxylic acids is 1. The average molecular weight is 407 g/mol. The van der Waals surface area contributed by atoms with Gasteiger partial charge in [0.15, 0.2) is 5.13 Å². The molecule has 0 aliphatic heterocycles. The number of nitrogens with one attached hydrogen (secondary N) is 1. The van der Waals surface area contributed by atoms with Gasteiger partial charge in [-0.05, 0) is 19.9 Å². The second-order valence-corrected chi connectivity index (χ2v) is 8.43. The molecular weight excluding hydrogens is 388 g/mol. The number of fused-ring (bicyclic) bond motifs is 1. The highest BCUT2D eigenvalue weighted by molar-refractivity contribution is 8.00. The van der Waals surface area contributed by atoms with Crippen molar-refractivity contribution in [1.29, 1.82) is 0 Å². The first-order valence-electron chi connectivity index (χ1n) is 8.82. The third-order valence-corrected chi connectivity index (χ3v) is 6.00. The third kappa shape index (κ3) is 4.05. The Morgan fingerprint density at radius 1 is 1.04 bits per heavy atom. The molecule has 0 saturated heterocycles. The SMILES string of the molecule is Cc1nc(S[C@H](C)C(=O)Nc2nc(-c3ccccc3)cs2)c2ccccc2n1. The highest BCUT2D eigenvalue weighted by atomic mass is 32.2. The molecule has 2 heterocycles. The molecule has 140 valence electrons. The summed E-state index contributed by atoms with van der Waals surface area (Å²) in [4.78, 5) is 26.2. The number of benzene rings is 2. The Balaban J connectivity index is 1.48. The van der Waals surface area contributed by atoms with Gasteiger partial charge in [-0.2, -0.15) is 0 Å². The largest absolute Gasteiger partial charge is 0.301 e. The number of thioether (sulfide) groups is 1. The molecular formula is C21H18N4OS2. The van der Waals surface area contributed by atoms with E-state index in [0.29, 0.717) is 11.0 Å². The Labute approximate surface area is 171 Å². The van der Waals surface area contributed by atoms with Gasteiger partial charge in [-0.1, -0.05) is 60.3 Å². The highest BCUT2D eigenvalue weighted by Gasteiger charge is 2.19. The smallest absolute Gasteiger partial charge is 0.239 e. The maximum Gasteiger partial charge on any atom is 0.239 e. The van der Waals surface area contributed by atoms with E-state index in [2.05, 4.69) is 20.3 Å². The van der Waals surface area contributed by atoms with E-state index in [1.807, 2.05) is 73.8 Å². The zero-order valence-electron chi connectivity index (χ0n) is 15.4. The number of amides is 1. The van der Waals surface area contributed by atoms with Crippen molar-refractivity contribution in [1.82, 2.24) is 15.0 Å². The average Bonchev–Trinajstić information content (AvgIpc) is 3.17. The van der Waals surface area contributed by atoms with Crippen LogP contribution in [0.25, 0.3) is 22.2 Å². The molecule has 0 aliphatic carbocycles. The van der Waals surface area contributed by atoms with E-state index in [0.717, 1.165) is 27.2 Å². The summed E-state index contributed by atoms with van der Waals surface area (Å²) in [5.74, 6) is 0.598. The minimum absolute atomic E-state index is 0.0979. The van der Waals surface area contributed by atoms with Crippen LogP contribution in [0.1, 0.15) is 12.7 Å². The van der Waals surface area contributed by atoms with Crippen LogP contribution in [0.5, 0.6) is 0 Å². The molecule has 7 heteroatoms. The predicted molar refractivity (Wildman–Crippen MR) is 116 cm³/mol. The predicted octanol–water partition coefficient (Wildman–Crippen LogP) is 5.18. The van der Waals surface area contributed by atoms with Crippen LogP contribution in [0.15, 0.2) is 65.0 Å². The monoisotopic (exact) mass is 406 g/mol. The number of thiazole rings is 1. The van der Waals surface area contributed by atoms with Gasteiger partial charge in [0.2, 0.25) is 5.91 Å². The Morgan fingerprint density at radius 3 is 2.61 bits per heavy atom. The summed E-state index contributed by atoms with van der Waals surface area (Å²) in [5, 5.41) is 6.92. The van der Waals surface area contributed by atoms with Crippen molar-refractivity contribution in [3.63, 3.8) is 0 Å². The van der Waals surface area contributed by atoms with Crippen LogP contribution in [-0.2, 0) is 4.79 Å². The fraction of sp³-hybridized carbons (Fsp3) is 0.143. The summed E-state index contributed by atoms with van der Waals surface area (Å²) in [7, 11) is 0. The number of para-hydroxylation sites is 1. The molecule has 0 saturated carbocycles. The normalized spacial score (nSPS) is 12.1. The van der Waals surface area contributed by atoms with Crippen LogP contribution in [-0.4, -0.2) is 26.1 Å². The van der Waals surface area contributed by atoms with Gasteiger partial charge < -0.3 is 5.32 Å². The van der Waals surface area contributed by atoms with Crippen LogP contribution >= 0.6 is 23.1 Å². The van der Waals surface area contributed by atoms with E-state index in [1.54, 1.807) is 0 Å². The Kier molecular flexibility index (Phi) is 5.36. The first-order chi connectivity index (χ1) is 13.6. The molecule has 28 heavy (non-hydrogen) atoms. The number of nitrogens with zero attached hydrogens (tertiary/aromatic N) is 3. The molecule has 0 spiro atoms. The molecule has 4 aromatic rings. The zero-order valence-corrected chi connectivity index (χ0v) is 17.1. The van der Waals surface area contributed by atoms with Crippen LogP contribution in [0.3, 0.4) is 0 Å². The molecule has 1 N–H and O–H groups in total. The van der Waals surface area contributed by atoms with Crippen molar-refractivity contribution in [2.75, 3.05) is 5.32 Å². The molecule has 0 bridgehead atoms. The van der Waals surface area contributed by atoms with Crippen molar-refractivity contribution in [3.05, 3.63) is 65.8 Å². The molecule has 0 fully saturated rings. The second-order valence-electron chi connectivity index (χ2n) is 6.25. The molecule has 2 aromatic heterocycles. The Bertz CT molecular complexity index is 1130. The molecule has 5 nitrogen and oxygen atoms in total. The number of carbonyl (C=O) groups is 1. The fourth-order valence-corrected chi connectivity index (χ4v) is 4.46. The number of hydrogen-bond acceptors (Lipinski definition) is 6. The van der Waals surface area contributed by atoms with Crippen LogP contribution in [0.2, 0.25) is 0 Å². The van der Waals surface area contributed by atoms with Gasteiger partial charge in [0.25, 0.3) is 0 Å². The first-order valence-corrected chi connectivity index (χ1v) is 10.6. The van der Waals surface area contributed by atoms with Crippen molar-refractivity contribution >= 4 is 45.0 Å². The van der Waals surface area contributed by atoms with Gasteiger partial charge in [-0.25, -0.2) is 15.0 Å². The molecule has 1 amide bonds. The minimum Gasteiger partial charge on any atom is -0.301 e. The lowest BCUT2D eigenvalue weighted by Gasteiger charge is -2.12. The number of hydrogen-bond donors (Lipinski definition) is 1. The van der Waals surface area contributed by atoms with Gasteiger partial charge in [0, 0.05) is 16.3 Å². The third-order valence-electron chi connectivity index (χ3n) is 4.14. The maximum atomic E-state index is 12.7. The molecule has 0 aliphatic rings. The van der Waals surface area contributed by atoms with Crippen molar-refractivity contribution < 1.29 is 4.79 Å². The molecule has 4 rings (SSSR count). The van der Waals surface area contributed by atoms with Crippen molar-refractivity contribution in [2.45, 2.75) is 24.1 Å². The number of aromatic nitrogens is 3. The summed E-state index contributed by atoms with van der Waals surface area (Å²) >= 11 is 2.85. The van der Waals surface area contributed by atoms with Crippen molar-refractivity contribution in [2.24, 2.45) is 0 Å². The van der Waals surface area contributed by atoms with Crippen LogP contribution in [0.4, 0.5) is 5.13 Å². The lowest BCUT2D eigenvalue weighted by molar-refractivity contribution is -0.115. The minimum atomic E-state index is -0.318. The summed E-state index contributed by atoms with van der Waals surface area (Å²) in [5.41, 5.74) is 2.78. The van der Waals surface area contributed by atoms with E-state index in [1.165, 1.54) is 23.1 Å². The van der Waals surface area contributed by atoms with Gasteiger partial charge in [0.05, 0.1) is 16.5 Å². The highest BCUT2D eigenvalue weighted by Crippen LogP contribution is 2.30. The molecule has 0 radical (unpaired) electrons. The summed E-state index contributed by atoms with van der Waals surface area (Å²) in [6, 6.07) is 17.8. The zero-order chi connectivity index (χ0) is 19.5. The maximum absolute atomic E-state index is 12.7. The molecule has 0 unspecified atom stereocenters. The summed E-state index contributed by atoms with van der Waals surface area (Å²) < 4.78 is 0. The standard InChI is InChI=1S/C21H18N4OS2/c1-13(28-20-16-10-6-7-11-17(16)22-14(2)23-20)19(26)25-21-24-18(12-27-21)15-8-4-3-5-9-15/h3-13H,1-2H3,(H,24,25,26)/t13-/m1/s1. The van der Waals surface area contributed by atoms with Crippen molar-refractivity contribution in [3.8, 4) is 11.3 Å². The first kappa shape index (κ1) is 18.6. The molecule has 2 aromatic carbocycles. The number of rotatable bonds is 5. The van der Waals surface area contributed by atoms with Gasteiger partial charge in [-0.3, -0.25) is 4.79 Å². The summed E-state index contributed by atoms with van der Waals surface area (Å²) in [6.07, 6.45) is 0. The Morgan fingerprint density at radius 2 is 1.79 bits per heavy atom. The van der Waals surface area contributed by atoms with E-state index in [9.17, 15) is 4.79 Å². The van der Waals surface area contributed by atoms with Crippen LogP contribution in [0, 0.1) is 6.92 Å². The van der Waals surface area contributed by atoms with Gasteiger partial charge >= 0.3 is 0 Å². The Hall–Kier alpha value is -2.77. The van der Waals surface area contributed by atoms with E-state index in [-0.39, 0.29) is 11.2 Å². The lowest BCUT2D eigenvalue weighted by atomic mass is 10.2. The van der Waals surface area contributed by atoms with E-state index in [4.69, 9.17) is 0 Å².